The topological polar surface area (TPSA) is 49.8 Å². The Kier molecular flexibility index (Phi) is 4.38. The lowest BCUT2D eigenvalue weighted by molar-refractivity contribution is 0.578. The highest BCUT2D eigenvalue weighted by Crippen LogP contribution is 2.38. The molecule has 1 aromatic heterocycles. The molecule has 0 aliphatic heterocycles. The summed E-state index contributed by atoms with van der Waals surface area (Å²) in [6.07, 6.45) is 9.15. The smallest absolute Gasteiger partial charge is 0.136 e. The zero-order chi connectivity index (χ0) is 13.8. The Morgan fingerprint density at radius 3 is 2.40 bits per heavy atom. The van der Waals surface area contributed by atoms with Gasteiger partial charge in [0.05, 0.1) is 0 Å². The van der Waals surface area contributed by atoms with Crippen LogP contribution in [-0.2, 0) is 0 Å². The fourth-order valence-corrected chi connectivity index (χ4v) is 2.89. The van der Waals surface area contributed by atoms with Crippen LogP contribution < -0.4 is 10.6 Å². The molecular formula is C16H26N4. The first-order valence-corrected chi connectivity index (χ1v) is 8.22. The lowest BCUT2D eigenvalue weighted by atomic mass is 10.1. The van der Waals surface area contributed by atoms with Crippen molar-refractivity contribution in [2.75, 3.05) is 23.7 Å². The zero-order valence-electron chi connectivity index (χ0n) is 12.5. The first-order chi connectivity index (χ1) is 9.85. The second-order valence-electron chi connectivity index (χ2n) is 6.23. The van der Waals surface area contributed by atoms with Gasteiger partial charge in [0.25, 0.3) is 0 Å². The maximum absolute atomic E-state index is 4.70. The van der Waals surface area contributed by atoms with Crippen LogP contribution >= 0.6 is 0 Å². The molecule has 0 radical (unpaired) electrons. The molecule has 0 atom stereocenters. The predicted molar refractivity (Wildman–Crippen MR) is 83.2 cm³/mol. The van der Waals surface area contributed by atoms with E-state index in [-0.39, 0.29) is 0 Å². The van der Waals surface area contributed by atoms with Gasteiger partial charge in [0.1, 0.15) is 17.5 Å². The molecule has 0 amide bonds. The molecule has 2 aliphatic carbocycles. The molecular weight excluding hydrogens is 248 g/mol. The summed E-state index contributed by atoms with van der Waals surface area (Å²) in [5.74, 6) is 4.46. The third-order valence-corrected chi connectivity index (χ3v) is 4.29. The number of nitrogens with one attached hydrogen (secondary N) is 2. The van der Waals surface area contributed by atoms with Crippen LogP contribution in [0.4, 0.5) is 11.6 Å². The van der Waals surface area contributed by atoms with E-state index in [0.717, 1.165) is 42.9 Å². The van der Waals surface area contributed by atoms with E-state index in [0.29, 0.717) is 5.92 Å². The molecule has 0 spiro atoms. The van der Waals surface area contributed by atoms with Crippen LogP contribution in [0.3, 0.4) is 0 Å². The van der Waals surface area contributed by atoms with E-state index in [1.165, 1.54) is 38.5 Å². The van der Waals surface area contributed by atoms with Crippen molar-refractivity contribution < 1.29 is 0 Å². The van der Waals surface area contributed by atoms with Crippen molar-refractivity contribution in [3.8, 4) is 0 Å². The molecule has 4 heteroatoms. The van der Waals surface area contributed by atoms with E-state index in [1.807, 2.05) is 0 Å². The summed E-state index contributed by atoms with van der Waals surface area (Å²) in [4.78, 5) is 9.35. The van der Waals surface area contributed by atoms with Gasteiger partial charge in [-0.15, -0.1) is 0 Å². The number of rotatable bonds is 7. The van der Waals surface area contributed by atoms with Gasteiger partial charge in [0.2, 0.25) is 0 Å². The SMILES string of the molecule is CCCNc1cc(NCC2CCCC2)nc(C2CC2)n1. The van der Waals surface area contributed by atoms with Crippen LogP contribution in [0.15, 0.2) is 6.07 Å². The summed E-state index contributed by atoms with van der Waals surface area (Å²) in [5.41, 5.74) is 0. The molecule has 2 N–H and O–H groups in total. The molecule has 4 nitrogen and oxygen atoms in total. The standard InChI is InChI=1S/C16H26N4/c1-2-9-17-14-10-15(18-11-12-5-3-4-6-12)20-16(19-14)13-7-8-13/h10,12-13H,2-9,11H2,1H3,(H2,17,18,19,20). The van der Waals surface area contributed by atoms with Crippen LogP contribution in [-0.4, -0.2) is 23.1 Å². The Hall–Kier alpha value is -1.32. The Labute approximate surface area is 121 Å². The number of nitrogens with zero attached hydrogens (tertiary/aromatic N) is 2. The van der Waals surface area contributed by atoms with Gasteiger partial charge in [-0.05, 0) is 38.0 Å². The van der Waals surface area contributed by atoms with Gasteiger partial charge >= 0.3 is 0 Å². The summed E-state index contributed by atoms with van der Waals surface area (Å²) < 4.78 is 0. The normalized spacial score (nSPS) is 19.2. The molecule has 0 saturated heterocycles. The average Bonchev–Trinajstić information content (AvgIpc) is 3.20. The van der Waals surface area contributed by atoms with Gasteiger partial charge in [-0.1, -0.05) is 19.8 Å². The molecule has 1 aromatic rings. The Bertz CT molecular complexity index is 436. The Morgan fingerprint density at radius 2 is 1.75 bits per heavy atom. The summed E-state index contributed by atoms with van der Waals surface area (Å²) >= 11 is 0. The largest absolute Gasteiger partial charge is 0.370 e. The van der Waals surface area contributed by atoms with Crippen LogP contribution in [0.2, 0.25) is 0 Å². The molecule has 0 aromatic carbocycles. The number of hydrogen-bond donors (Lipinski definition) is 2. The minimum atomic E-state index is 0.602. The van der Waals surface area contributed by atoms with Gasteiger partial charge in [-0.25, -0.2) is 9.97 Å². The minimum Gasteiger partial charge on any atom is -0.370 e. The monoisotopic (exact) mass is 274 g/mol. The second-order valence-corrected chi connectivity index (χ2v) is 6.23. The summed E-state index contributed by atoms with van der Waals surface area (Å²) in [6, 6.07) is 2.07. The van der Waals surface area contributed by atoms with Crippen LogP contribution in [0.5, 0.6) is 0 Å². The average molecular weight is 274 g/mol. The first kappa shape index (κ1) is 13.7. The summed E-state index contributed by atoms with van der Waals surface area (Å²) in [7, 11) is 0. The molecule has 0 bridgehead atoms. The van der Waals surface area contributed by atoms with Crippen molar-refractivity contribution in [2.45, 2.75) is 57.8 Å². The van der Waals surface area contributed by atoms with Crippen LogP contribution in [0.25, 0.3) is 0 Å². The number of aromatic nitrogens is 2. The van der Waals surface area contributed by atoms with E-state index in [9.17, 15) is 0 Å². The summed E-state index contributed by atoms with van der Waals surface area (Å²) in [6.45, 7) is 4.22. The molecule has 20 heavy (non-hydrogen) atoms. The second kappa shape index (κ2) is 6.42. The van der Waals surface area contributed by atoms with E-state index in [2.05, 4.69) is 28.6 Å². The van der Waals surface area contributed by atoms with E-state index in [4.69, 9.17) is 4.98 Å². The fraction of sp³-hybridized carbons (Fsp3) is 0.750. The number of anilines is 2. The Balaban J connectivity index is 1.65. The maximum atomic E-state index is 4.70. The maximum Gasteiger partial charge on any atom is 0.136 e. The quantitative estimate of drug-likeness (QED) is 0.794. The van der Waals surface area contributed by atoms with Gasteiger partial charge in [0.15, 0.2) is 0 Å². The molecule has 2 aliphatic rings. The molecule has 2 fully saturated rings. The molecule has 110 valence electrons. The van der Waals surface area contributed by atoms with Gasteiger partial charge < -0.3 is 10.6 Å². The highest BCUT2D eigenvalue weighted by Gasteiger charge is 2.27. The van der Waals surface area contributed by atoms with E-state index < -0.39 is 0 Å². The van der Waals surface area contributed by atoms with Crippen molar-refractivity contribution in [3.05, 3.63) is 11.9 Å². The zero-order valence-corrected chi connectivity index (χ0v) is 12.5. The minimum absolute atomic E-state index is 0.602. The van der Waals surface area contributed by atoms with Gasteiger partial charge in [-0.3, -0.25) is 0 Å². The Morgan fingerprint density at radius 1 is 1.05 bits per heavy atom. The van der Waals surface area contributed by atoms with Crippen molar-refractivity contribution in [1.82, 2.24) is 9.97 Å². The van der Waals surface area contributed by atoms with Crippen LogP contribution in [0, 0.1) is 5.92 Å². The highest BCUT2D eigenvalue weighted by atomic mass is 15.1. The first-order valence-electron chi connectivity index (χ1n) is 8.22. The molecule has 0 unspecified atom stereocenters. The van der Waals surface area contributed by atoms with Crippen molar-refractivity contribution in [3.63, 3.8) is 0 Å². The van der Waals surface area contributed by atoms with E-state index in [1.54, 1.807) is 0 Å². The highest BCUT2D eigenvalue weighted by molar-refractivity contribution is 5.48. The fourth-order valence-electron chi connectivity index (χ4n) is 2.89. The van der Waals surface area contributed by atoms with Gasteiger partial charge in [0, 0.05) is 25.1 Å². The van der Waals surface area contributed by atoms with E-state index >= 15 is 0 Å². The van der Waals surface area contributed by atoms with Crippen LogP contribution in [0.1, 0.15) is 63.6 Å². The predicted octanol–water partition coefficient (Wildman–Crippen LogP) is 3.78. The van der Waals surface area contributed by atoms with Gasteiger partial charge in [-0.2, -0.15) is 0 Å². The molecule has 1 heterocycles. The van der Waals surface area contributed by atoms with Crippen molar-refractivity contribution in [2.24, 2.45) is 5.92 Å². The summed E-state index contributed by atoms with van der Waals surface area (Å²) in [5, 5.41) is 6.93. The lowest BCUT2D eigenvalue weighted by Gasteiger charge is -2.13. The lowest BCUT2D eigenvalue weighted by Crippen LogP contribution is -2.14. The molecule has 3 rings (SSSR count). The third kappa shape index (κ3) is 3.62. The van der Waals surface area contributed by atoms with Crippen molar-refractivity contribution >= 4 is 11.6 Å². The third-order valence-electron chi connectivity index (χ3n) is 4.29. The molecule has 2 saturated carbocycles. The van der Waals surface area contributed by atoms with Crippen molar-refractivity contribution in [1.29, 1.82) is 0 Å². The number of hydrogen-bond acceptors (Lipinski definition) is 4.